The van der Waals surface area contributed by atoms with Gasteiger partial charge in [-0.25, -0.2) is 0 Å². The van der Waals surface area contributed by atoms with Gasteiger partial charge in [-0.05, 0) is 12.5 Å². The van der Waals surface area contributed by atoms with E-state index >= 15 is 0 Å². The van der Waals surface area contributed by atoms with Gasteiger partial charge in [0.1, 0.15) is 0 Å². The maximum absolute atomic E-state index is 5.81. The van der Waals surface area contributed by atoms with Crippen LogP contribution >= 0.6 is 24.8 Å². The first-order valence-electron chi connectivity index (χ1n) is 3.78. The van der Waals surface area contributed by atoms with Gasteiger partial charge in [0.05, 0.1) is 0 Å². The van der Waals surface area contributed by atoms with Gasteiger partial charge in [0.25, 0.3) is 0 Å². The summed E-state index contributed by atoms with van der Waals surface area (Å²) in [7, 11) is 0. The lowest BCUT2D eigenvalue weighted by atomic mass is 10.0. The molecule has 1 rings (SSSR count). The van der Waals surface area contributed by atoms with Crippen LogP contribution in [0.25, 0.3) is 0 Å². The maximum atomic E-state index is 5.81. The summed E-state index contributed by atoms with van der Waals surface area (Å²) in [6.45, 7) is 1.91. The number of halogens is 2. The highest BCUT2D eigenvalue weighted by Crippen LogP contribution is 2.11. The Hall–Kier alpha value is -0.280. The first-order chi connectivity index (χ1) is 5.22. The molecule has 0 fully saturated rings. The highest BCUT2D eigenvalue weighted by Gasteiger charge is 2.08. The Balaban J connectivity index is 0. The van der Waals surface area contributed by atoms with E-state index in [9.17, 15) is 0 Å². The van der Waals surface area contributed by atoms with Gasteiger partial charge in [0.15, 0.2) is 0 Å². The van der Waals surface area contributed by atoms with Crippen molar-refractivity contribution in [2.24, 2.45) is 11.5 Å². The summed E-state index contributed by atoms with van der Waals surface area (Å²) in [5, 5.41) is 0. The van der Waals surface area contributed by atoms with Crippen LogP contribution in [0.15, 0.2) is 30.3 Å². The largest absolute Gasteiger partial charge is 0.326 e. The van der Waals surface area contributed by atoms with Crippen molar-refractivity contribution in [3.05, 3.63) is 35.9 Å². The molecule has 76 valence electrons. The van der Waals surface area contributed by atoms with E-state index in [0.29, 0.717) is 0 Å². The van der Waals surface area contributed by atoms with Crippen molar-refractivity contribution in [1.82, 2.24) is 0 Å². The maximum Gasteiger partial charge on any atom is 0.0445 e. The summed E-state index contributed by atoms with van der Waals surface area (Å²) in [5.41, 5.74) is 12.6. The monoisotopic (exact) mass is 222 g/mol. The highest BCUT2D eigenvalue weighted by atomic mass is 35.5. The Kier molecular flexibility index (Phi) is 8.37. The second-order valence-electron chi connectivity index (χ2n) is 2.80. The Morgan fingerprint density at radius 2 is 1.46 bits per heavy atom. The molecule has 0 aliphatic carbocycles. The van der Waals surface area contributed by atoms with Crippen LogP contribution in [0.1, 0.15) is 18.5 Å². The van der Waals surface area contributed by atoms with Crippen molar-refractivity contribution in [3.8, 4) is 0 Å². The summed E-state index contributed by atoms with van der Waals surface area (Å²) in [4.78, 5) is 0. The van der Waals surface area contributed by atoms with E-state index in [2.05, 4.69) is 0 Å². The third kappa shape index (κ3) is 4.48. The summed E-state index contributed by atoms with van der Waals surface area (Å²) < 4.78 is 0. The first kappa shape index (κ1) is 15.2. The molecule has 0 saturated heterocycles. The predicted octanol–water partition coefficient (Wildman–Crippen LogP) is 1.88. The van der Waals surface area contributed by atoms with E-state index in [1.807, 2.05) is 37.3 Å². The predicted molar refractivity (Wildman–Crippen MR) is 61.5 cm³/mol. The lowest BCUT2D eigenvalue weighted by Crippen LogP contribution is -2.30. The average molecular weight is 223 g/mol. The molecule has 0 amide bonds. The third-order valence-corrected chi connectivity index (χ3v) is 1.75. The van der Waals surface area contributed by atoms with E-state index in [1.54, 1.807) is 0 Å². The van der Waals surface area contributed by atoms with E-state index in [1.165, 1.54) is 0 Å². The smallest absolute Gasteiger partial charge is 0.0445 e. The lowest BCUT2D eigenvalue weighted by Gasteiger charge is -2.15. The topological polar surface area (TPSA) is 52.0 Å². The molecule has 2 atom stereocenters. The number of hydrogen-bond donors (Lipinski definition) is 2. The van der Waals surface area contributed by atoms with Gasteiger partial charge >= 0.3 is 0 Å². The summed E-state index contributed by atoms with van der Waals surface area (Å²) in [6, 6.07) is 9.86. The Bertz CT molecular complexity index is 214. The van der Waals surface area contributed by atoms with Gasteiger partial charge in [-0.3, -0.25) is 0 Å². The van der Waals surface area contributed by atoms with Crippen LogP contribution in [0.2, 0.25) is 0 Å². The third-order valence-electron chi connectivity index (χ3n) is 1.75. The van der Waals surface area contributed by atoms with Crippen LogP contribution in [-0.4, -0.2) is 6.04 Å². The summed E-state index contributed by atoms with van der Waals surface area (Å²) >= 11 is 0. The fourth-order valence-corrected chi connectivity index (χ4v) is 0.979. The van der Waals surface area contributed by atoms with Crippen LogP contribution in [0.3, 0.4) is 0 Å². The molecule has 0 radical (unpaired) electrons. The van der Waals surface area contributed by atoms with Crippen LogP contribution < -0.4 is 11.5 Å². The van der Waals surface area contributed by atoms with Crippen molar-refractivity contribution in [2.75, 3.05) is 0 Å². The molecule has 0 saturated carbocycles. The van der Waals surface area contributed by atoms with E-state index in [4.69, 9.17) is 11.5 Å². The minimum atomic E-state index is -0.0452. The van der Waals surface area contributed by atoms with Gasteiger partial charge in [-0.15, -0.1) is 24.8 Å². The van der Waals surface area contributed by atoms with Gasteiger partial charge in [-0.2, -0.15) is 0 Å². The SMILES string of the molecule is CC(N)C(N)c1ccccc1.Cl.Cl. The molecule has 0 aliphatic heterocycles. The summed E-state index contributed by atoms with van der Waals surface area (Å²) in [5.74, 6) is 0. The molecule has 1 aromatic carbocycles. The highest BCUT2D eigenvalue weighted by molar-refractivity contribution is 5.85. The number of benzene rings is 1. The molecule has 4 N–H and O–H groups in total. The second kappa shape index (κ2) is 7.15. The molecule has 2 nitrogen and oxygen atoms in total. The minimum absolute atomic E-state index is 0. The average Bonchev–Trinajstić information content (AvgIpc) is 2.05. The zero-order chi connectivity index (χ0) is 8.27. The minimum Gasteiger partial charge on any atom is -0.326 e. The molecule has 13 heavy (non-hydrogen) atoms. The molecule has 0 bridgehead atoms. The van der Waals surface area contributed by atoms with Crippen LogP contribution in [0.4, 0.5) is 0 Å². The van der Waals surface area contributed by atoms with E-state index in [0.717, 1.165) is 5.56 Å². The molecular formula is C9H16Cl2N2. The number of rotatable bonds is 2. The molecule has 0 aromatic heterocycles. The standard InChI is InChI=1S/C9H14N2.2ClH/c1-7(10)9(11)8-5-3-2-4-6-8;;/h2-7,9H,10-11H2,1H3;2*1H. The zero-order valence-corrected chi connectivity index (χ0v) is 9.15. The summed E-state index contributed by atoms with van der Waals surface area (Å²) in [6.07, 6.45) is 0. The van der Waals surface area contributed by atoms with Gasteiger partial charge < -0.3 is 11.5 Å². The molecular weight excluding hydrogens is 207 g/mol. The molecule has 1 aromatic rings. The molecule has 0 spiro atoms. The Morgan fingerprint density at radius 3 is 1.85 bits per heavy atom. The van der Waals surface area contributed by atoms with E-state index < -0.39 is 0 Å². The number of nitrogens with two attached hydrogens (primary N) is 2. The van der Waals surface area contributed by atoms with Crippen molar-refractivity contribution in [1.29, 1.82) is 0 Å². The van der Waals surface area contributed by atoms with Crippen molar-refractivity contribution >= 4 is 24.8 Å². The Labute approximate surface area is 91.5 Å². The van der Waals surface area contributed by atoms with E-state index in [-0.39, 0.29) is 36.9 Å². The van der Waals surface area contributed by atoms with Crippen molar-refractivity contribution < 1.29 is 0 Å². The van der Waals surface area contributed by atoms with Gasteiger partial charge in [0.2, 0.25) is 0 Å². The van der Waals surface area contributed by atoms with Gasteiger partial charge in [-0.1, -0.05) is 30.3 Å². The lowest BCUT2D eigenvalue weighted by molar-refractivity contribution is 0.589. The van der Waals surface area contributed by atoms with Crippen molar-refractivity contribution in [2.45, 2.75) is 19.0 Å². The normalized spacial score (nSPS) is 13.5. The quantitative estimate of drug-likeness (QED) is 0.804. The fourth-order valence-electron chi connectivity index (χ4n) is 0.979. The molecule has 0 aliphatic rings. The van der Waals surface area contributed by atoms with Gasteiger partial charge in [0, 0.05) is 12.1 Å². The zero-order valence-electron chi connectivity index (χ0n) is 7.51. The Morgan fingerprint density at radius 1 is 1.00 bits per heavy atom. The molecule has 2 unspecified atom stereocenters. The molecule has 4 heteroatoms. The fraction of sp³-hybridized carbons (Fsp3) is 0.333. The van der Waals surface area contributed by atoms with Crippen molar-refractivity contribution in [3.63, 3.8) is 0 Å². The molecule has 0 heterocycles. The van der Waals surface area contributed by atoms with Crippen LogP contribution in [0, 0.1) is 0 Å². The van der Waals surface area contributed by atoms with Crippen LogP contribution in [0.5, 0.6) is 0 Å². The second-order valence-corrected chi connectivity index (χ2v) is 2.80. The van der Waals surface area contributed by atoms with Crippen LogP contribution in [-0.2, 0) is 0 Å². The first-order valence-corrected chi connectivity index (χ1v) is 3.78. The number of hydrogen-bond acceptors (Lipinski definition) is 2.